The average molecular weight is 281 g/mol. The summed E-state index contributed by atoms with van der Waals surface area (Å²) in [5.41, 5.74) is -0.366. The molecule has 0 fully saturated rings. The number of halogens is 2. The van der Waals surface area contributed by atoms with Crippen molar-refractivity contribution in [1.29, 1.82) is 0 Å². The van der Waals surface area contributed by atoms with Crippen LogP contribution >= 0.6 is 0 Å². The predicted octanol–water partition coefficient (Wildman–Crippen LogP) is 1.19. The van der Waals surface area contributed by atoms with Gasteiger partial charge < -0.3 is 10.1 Å². The predicted molar refractivity (Wildman–Crippen MR) is 67.5 cm³/mol. The van der Waals surface area contributed by atoms with Crippen LogP contribution in [0.5, 0.6) is 0 Å². The zero-order valence-corrected chi connectivity index (χ0v) is 10.8. The van der Waals surface area contributed by atoms with Crippen LogP contribution in [-0.2, 0) is 20.7 Å². The summed E-state index contributed by atoms with van der Waals surface area (Å²) in [5, 5.41) is 2.28. The monoisotopic (exact) mass is 281 g/mol. The molecule has 6 heteroatoms. The van der Waals surface area contributed by atoms with Gasteiger partial charge in [-0.1, -0.05) is 6.07 Å². The molecule has 1 amide bonds. The molecule has 0 bridgehead atoms. The Kier molecular flexibility index (Phi) is 5.66. The number of hydrogen-bond donors (Lipinski definition) is 1. The maximum Gasteiger partial charge on any atom is 0.329 e. The SMILES string of the molecule is C#CC[C@H](NC(=O)Cc1c(F)cccc1F)C(=O)OC. The molecule has 0 unspecified atom stereocenters. The maximum atomic E-state index is 13.4. The minimum Gasteiger partial charge on any atom is -0.467 e. The second kappa shape index (κ2) is 7.24. The summed E-state index contributed by atoms with van der Waals surface area (Å²) in [7, 11) is 1.15. The van der Waals surface area contributed by atoms with Crippen molar-refractivity contribution in [2.24, 2.45) is 0 Å². The van der Waals surface area contributed by atoms with E-state index in [-0.39, 0.29) is 12.0 Å². The number of ether oxygens (including phenoxy) is 1. The van der Waals surface area contributed by atoms with Crippen LogP contribution in [0.25, 0.3) is 0 Å². The molecule has 0 aliphatic rings. The van der Waals surface area contributed by atoms with E-state index in [9.17, 15) is 18.4 Å². The normalized spacial score (nSPS) is 11.3. The Morgan fingerprint density at radius 1 is 1.40 bits per heavy atom. The number of benzene rings is 1. The third kappa shape index (κ3) is 4.05. The lowest BCUT2D eigenvalue weighted by Gasteiger charge is -2.14. The lowest BCUT2D eigenvalue weighted by molar-refractivity contribution is -0.144. The number of amides is 1. The zero-order chi connectivity index (χ0) is 15.1. The van der Waals surface area contributed by atoms with Crippen molar-refractivity contribution in [2.75, 3.05) is 7.11 Å². The Labute approximate surface area is 115 Å². The fraction of sp³-hybridized carbons (Fsp3) is 0.286. The Morgan fingerprint density at radius 2 is 2.00 bits per heavy atom. The van der Waals surface area contributed by atoms with Gasteiger partial charge in [0.15, 0.2) is 0 Å². The summed E-state index contributed by atoms with van der Waals surface area (Å²) in [4.78, 5) is 23.0. The Morgan fingerprint density at radius 3 is 2.50 bits per heavy atom. The highest BCUT2D eigenvalue weighted by Crippen LogP contribution is 2.12. The molecule has 0 heterocycles. The first kappa shape index (κ1) is 15.6. The molecule has 0 aliphatic heterocycles. The molecule has 0 aromatic heterocycles. The molecule has 0 spiro atoms. The molecule has 1 atom stereocenters. The van der Waals surface area contributed by atoms with Crippen molar-refractivity contribution in [1.82, 2.24) is 5.32 Å². The van der Waals surface area contributed by atoms with E-state index in [0.717, 1.165) is 19.2 Å². The standard InChI is InChI=1S/C14H13F2NO3/c1-3-5-12(14(19)20-2)17-13(18)8-9-10(15)6-4-7-11(9)16/h1,4,6-7,12H,5,8H2,2H3,(H,17,18)/t12-/m0/s1. The summed E-state index contributed by atoms with van der Waals surface area (Å²) in [6.45, 7) is 0. The topological polar surface area (TPSA) is 55.4 Å². The molecule has 1 aromatic carbocycles. The van der Waals surface area contributed by atoms with E-state index in [1.807, 2.05) is 0 Å². The van der Waals surface area contributed by atoms with Gasteiger partial charge in [0.2, 0.25) is 5.91 Å². The van der Waals surface area contributed by atoms with Gasteiger partial charge in [0, 0.05) is 12.0 Å². The summed E-state index contributed by atoms with van der Waals surface area (Å²) < 4.78 is 31.2. The molecule has 0 saturated heterocycles. The highest BCUT2D eigenvalue weighted by Gasteiger charge is 2.21. The van der Waals surface area contributed by atoms with Crippen molar-refractivity contribution in [3.8, 4) is 12.3 Å². The molecule has 106 valence electrons. The summed E-state index contributed by atoms with van der Waals surface area (Å²) in [5.74, 6) is -0.883. The van der Waals surface area contributed by atoms with Gasteiger partial charge in [0.25, 0.3) is 0 Å². The van der Waals surface area contributed by atoms with E-state index in [2.05, 4.69) is 16.0 Å². The van der Waals surface area contributed by atoms with Crippen molar-refractivity contribution >= 4 is 11.9 Å². The van der Waals surface area contributed by atoms with Crippen LogP contribution in [0.2, 0.25) is 0 Å². The van der Waals surface area contributed by atoms with E-state index in [0.29, 0.717) is 0 Å². The minimum absolute atomic E-state index is 0.0713. The highest BCUT2D eigenvalue weighted by molar-refractivity contribution is 5.85. The van der Waals surface area contributed by atoms with Crippen LogP contribution in [0.1, 0.15) is 12.0 Å². The third-order valence-electron chi connectivity index (χ3n) is 2.54. The number of terminal acetylenes is 1. The van der Waals surface area contributed by atoms with Gasteiger partial charge in [-0.25, -0.2) is 13.6 Å². The minimum atomic E-state index is -1.03. The quantitative estimate of drug-likeness (QED) is 0.651. The molecule has 1 aromatic rings. The number of hydrogen-bond acceptors (Lipinski definition) is 3. The van der Waals surface area contributed by atoms with E-state index >= 15 is 0 Å². The molecule has 0 radical (unpaired) electrons. The second-order valence-electron chi connectivity index (χ2n) is 3.93. The first-order valence-electron chi connectivity index (χ1n) is 5.73. The Bertz CT molecular complexity index is 532. The van der Waals surface area contributed by atoms with Crippen LogP contribution in [-0.4, -0.2) is 25.0 Å². The van der Waals surface area contributed by atoms with Gasteiger partial charge in [-0.05, 0) is 12.1 Å². The third-order valence-corrected chi connectivity index (χ3v) is 2.54. The molecule has 4 nitrogen and oxygen atoms in total. The maximum absolute atomic E-state index is 13.4. The number of nitrogens with one attached hydrogen (secondary N) is 1. The van der Waals surface area contributed by atoms with Crippen LogP contribution in [0.15, 0.2) is 18.2 Å². The lowest BCUT2D eigenvalue weighted by Crippen LogP contribution is -2.42. The van der Waals surface area contributed by atoms with E-state index < -0.39 is 36.0 Å². The van der Waals surface area contributed by atoms with Crippen molar-refractivity contribution in [3.05, 3.63) is 35.4 Å². The molecular formula is C14H13F2NO3. The van der Waals surface area contributed by atoms with E-state index in [1.54, 1.807) is 0 Å². The first-order valence-corrected chi connectivity index (χ1v) is 5.73. The van der Waals surface area contributed by atoms with Crippen LogP contribution in [0.4, 0.5) is 8.78 Å². The van der Waals surface area contributed by atoms with Gasteiger partial charge in [-0.3, -0.25) is 4.79 Å². The van der Waals surface area contributed by atoms with Crippen molar-refractivity contribution in [3.63, 3.8) is 0 Å². The van der Waals surface area contributed by atoms with Gasteiger partial charge in [0.1, 0.15) is 17.7 Å². The van der Waals surface area contributed by atoms with Crippen molar-refractivity contribution in [2.45, 2.75) is 18.9 Å². The molecule has 0 aliphatic carbocycles. The molecule has 20 heavy (non-hydrogen) atoms. The highest BCUT2D eigenvalue weighted by atomic mass is 19.1. The Balaban J connectivity index is 2.76. The first-order chi connectivity index (χ1) is 9.49. The van der Waals surface area contributed by atoms with Gasteiger partial charge in [-0.15, -0.1) is 12.3 Å². The van der Waals surface area contributed by atoms with Crippen LogP contribution in [0, 0.1) is 24.0 Å². The fourth-order valence-corrected chi connectivity index (χ4v) is 1.56. The average Bonchev–Trinajstić information content (AvgIpc) is 2.41. The summed E-state index contributed by atoms with van der Waals surface area (Å²) in [6, 6.07) is 2.25. The van der Waals surface area contributed by atoms with Gasteiger partial charge >= 0.3 is 5.97 Å². The van der Waals surface area contributed by atoms with Crippen LogP contribution in [0.3, 0.4) is 0 Å². The largest absolute Gasteiger partial charge is 0.467 e. The number of carbonyl (C=O) groups is 2. The molecule has 1 N–H and O–H groups in total. The zero-order valence-electron chi connectivity index (χ0n) is 10.8. The van der Waals surface area contributed by atoms with Gasteiger partial charge in [-0.2, -0.15) is 0 Å². The smallest absolute Gasteiger partial charge is 0.329 e. The van der Waals surface area contributed by atoms with Gasteiger partial charge in [0.05, 0.1) is 13.5 Å². The number of esters is 1. The number of methoxy groups -OCH3 is 1. The summed E-state index contributed by atoms with van der Waals surface area (Å²) in [6.07, 6.45) is 4.47. The van der Waals surface area contributed by atoms with E-state index in [4.69, 9.17) is 6.42 Å². The Hall–Kier alpha value is -2.42. The summed E-state index contributed by atoms with van der Waals surface area (Å²) >= 11 is 0. The molecular weight excluding hydrogens is 268 g/mol. The fourth-order valence-electron chi connectivity index (χ4n) is 1.56. The van der Waals surface area contributed by atoms with Crippen LogP contribution < -0.4 is 5.32 Å². The molecule has 0 saturated carbocycles. The second-order valence-corrected chi connectivity index (χ2v) is 3.93. The number of rotatable bonds is 5. The molecule has 1 rings (SSSR count). The number of carbonyl (C=O) groups excluding carboxylic acids is 2. The van der Waals surface area contributed by atoms with E-state index in [1.165, 1.54) is 6.07 Å². The lowest BCUT2D eigenvalue weighted by atomic mass is 10.1. The van der Waals surface area contributed by atoms with Crippen molar-refractivity contribution < 1.29 is 23.1 Å².